The van der Waals surface area contributed by atoms with Crippen molar-refractivity contribution in [1.82, 2.24) is 5.32 Å². The largest absolute Gasteiger partial charge is 0.379 e. The van der Waals surface area contributed by atoms with E-state index in [1.165, 1.54) is 0 Å². The molecule has 0 saturated carbocycles. The van der Waals surface area contributed by atoms with Gasteiger partial charge in [0, 0.05) is 0 Å². The summed E-state index contributed by atoms with van der Waals surface area (Å²) in [4.78, 5) is 0. The molecule has 56 valence electrons. The van der Waals surface area contributed by atoms with Crippen LogP contribution in [0.15, 0.2) is 0 Å². The molecule has 0 fully saturated rings. The normalized spacial score (nSPS) is 14.3. The van der Waals surface area contributed by atoms with Crippen LogP contribution in [0.3, 0.4) is 0 Å². The Labute approximate surface area is 57.3 Å². The molecule has 0 aromatic rings. The fourth-order valence-corrected chi connectivity index (χ4v) is 0.765. The fraction of sp³-hybridized carbons (Fsp3) is 1.00. The highest BCUT2D eigenvalue weighted by Crippen LogP contribution is 2.00. The first-order valence-electron chi connectivity index (χ1n) is 3.58. The van der Waals surface area contributed by atoms with E-state index in [-0.39, 0.29) is 6.23 Å². The van der Waals surface area contributed by atoms with Crippen LogP contribution < -0.4 is 5.32 Å². The van der Waals surface area contributed by atoms with Crippen molar-refractivity contribution >= 4 is 0 Å². The second-order valence-electron chi connectivity index (χ2n) is 2.70. The molecule has 0 bridgehead atoms. The van der Waals surface area contributed by atoms with Gasteiger partial charge in [-0.15, -0.1) is 0 Å². The molecule has 0 saturated heterocycles. The third kappa shape index (κ3) is 5.80. The lowest BCUT2D eigenvalue weighted by molar-refractivity contribution is 0.116. The van der Waals surface area contributed by atoms with Crippen LogP contribution >= 0.6 is 0 Å². The molecule has 0 aliphatic rings. The van der Waals surface area contributed by atoms with Crippen molar-refractivity contribution in [1.29, 1.82) is 0 Å². The first-order chi connectivity index (χ1) is 4.16. The number of nitrogens with one attached hydrogen (secondary N) is 1. The molecule has 1 atom stereocenters. The number of aliphatic hydroxyl groups is 1. The summed E-state index contributed by atoms with van der Waals surface area (Å²) in [7, 11) is 0. The lowest BCUT2D eigenvalue weighted by Crippen LogP contribution is -2.29. The smallest absolute Gasteiger partial charge is 0.105 e. The average molecular weight is 131 g/mol. The van der Waals surface area contributed by atoms with E-state index in [4.69, 9.17) is 5.11 Å². The monoisotopic (exact) mass is 131 g/mol. The van der Waals surface area contributed by atoms with Crippen LogP contribution in [-0.2, 0) is 0 Å². The molecule has 0 heterocycles. The van der Waals surface area contributed by atoms with Crippen LogP contribution in [0, 0.1) is 5.92 Å². The van der Waals surface area contributed by atoms with Gasteiger partial charge in [0.05, 0.1) is 0 Å². The van der Waals surface area contributed by atoms with Crippen LogP contribution in [0.4, 0.5) is 0 Å². The van der Waals surface area contributed by atoms with Gasteiger partial charge in [0.25, 0.3) is 0 Å². The first kappa shape index (κ1) is 8.92. The van der Waals surface area contributed by atoms with Gasteiger partial charge < -0.3 is 5.11 Å². The fourth-order valence-electron chi connectivity index (χ4n) is 0.765. The van der Waals surface area contributed by atoms with Crippen LogP contribution in [-0.4, -0.2) is 17.9 Å². The van der Waals surface area contributed by atoms with Crippen LogP contribution in [0.1, 0.15) is 27.2 Å². The summed E-state index contributed by atoms with van der Waals surface area (Å²) in [5.74, 6) is 0.569. The highest BCUT2D eigenvalue weighted by atomic mass is 16.3. The van der Waals surface area contributed by atoms with Crippen molar-refractivity contribution in [2.45, 2.75) is 33.4 Å². The highest BCUT2D eigenvalue weighted by molar-refractivity contribution is 4.53. The number of rotatable bonds is 4. The molecule has 0 aromatic carbocycles. The van der Waals surface area contributed by atoms with Gasteiger partial charge in [-0.3, -0.25) is 5.32 Å². The summed E-state index contributed by atoms with van der Waals surface area (Å²) in [5.41, 5.74) is 0. The molecule has 0 amide bonds. The van der Waals surface area contributed by atoms with Gasteiger partial charge in [0.2, 0.25) is 0 Å². The predicted molar refractivity (Wildman–Crippen MR) is 39.1 cm³/mol. The Morgan fingerprint density at radius 3 is 2.33 bits per heavy atom. The van der Waals surface area contributed by atoms with Gasteiger partial charge in [-0.1, -0.05) is 20.8 Å². The van der Waals surface area contributed by atoms with Gasteiger partial charge in [0.15, 0.2) is 0 Å². The SMILES string of the molecule is CCNC(O)CC(C)C. The molecule has 0 aromatic heterocycles. The summed E-state index contributed by atoms with van der Waals surface area (Å²) in [6.45, 7) is 7.03. The van der Waals surface area contributed by atoms with E-state index in [0.29, 0.717) is 5.92 Å². The van der Waals surface area contributed by atoms with E-state index < -0.39 is 0 Å². The zero-order valence-corrected chi connectivity index (χ0v) is 6.52. The summed E-state index contributed by atoms with van der Waals surface area (Å²) in [5, 5.41) is 12.0. The van der Waals surface area contributed by atoms with Crippen LogP contribution in [0.5, 0.6) is 0 Å². The van der Waals surface area contributed by atoms with Crippen LogP contribution in [0.2, 0.25) is 0 Å². The molecule has 0 spiro atoms. The minimum absolute atomic E-state index is 0.310. The molecular formula is C7H17NO. The summed E-state index contributed by atoms with van der Waals surface area (Å²) >= 11 is 0. The van der Waals surface area contributed by atoms with E-state index in [2.05, 4.69) is 19.2 Å². The average Bonchev–Trinajstić information content (AvgIpc) is 1.63. The van der Waals surface area contributed by atoms with Gasteiger partial charge in [0.1, 0.15) is 6.23 Å². The molecule has 1 unspecified atom stereocenters. The minimum Gasteiger partial charge on any atom is -0.379 e. The standard InChI is InChI=1S/C7H17NO/c1-4-8-7(9)5-6(2)3/h6-9H,4-5H2,1-3H3. The van der Waals surface area contributed by atoms with Crippen molar-refractivity contribution in [3.8, 4) is 0 Å². The molecule has 2 heteroatoms. The molecule has 2 N–H and O–H groups in total. The number of aliphatic hydroxyl groups excluding tert-OH is 1. The van der Waals surface area contributed by atoms with E-state index in [1.807, 2.05) is 6.92 Å². The quantitative estimate of drug-likeness (QED) is 0.557. The van der Waals surface area contributed by atoms with Crippen LogP contribution in [0.25, 0.3) is 0 Å². The molecule has 0 radical (unpaired) electrons. The lowest BCUT2D eigenvalue weighted by atomic mass is 10.1. The zero-order chi connectivity index (χ0) is 7.28. The van der Waals surface area contributed by atoms with Crippen molar-refractivity contribution in [2.75, 3.05) is 6.54 Å². The molecular weight excluding hydrogens is 114 g/mol. The summed E-state index contributed by atoms with van der Waals surface area (Å²) in [6.07, 6.45) is 0.531. The molecule has 0 aliphatic carbocycles. The molecule has 0 aliphatic heterocycles. The lowest BCUT2D eigenvalue weighted by Gasteiger charge is -2.12. The van der Waals surface area contributed by atoms with Crippen molar-refractivity contribution in [3.63, 3.8) is 0 Å². The number of hydrogen-bond acceptors (Lipinski definition) is 2. The van der Waals surface area contributed by atoms with E-state index in [0.717, 1.165) is 13.0 Å². The Hall–Kier alpha value is -0.0800. The maximum Gasteiger partial charge on any atom is 0.105 e. The van der Waals surface area contributed by atoms with E-state index in [9.17, 15) is 0 Å². The van der Waals surface area contributed by atoms with Gasteiger partial charge in [-0.2, -0.15) is 0 Å². The van der Waals surface area contributed by atoms with Gasteiger partial charge in [-0.05, 0) is 18.9 Å². The summed E-state index contributed by atoms with van der Waals surface area (Å²) in [6, 6.07) is 0. The third-order valence-electron chi connectivity index (χ3n) is 1.13. The zero-order valence-electron chi connectivity index (χ0n) is 6.52. The minimum atomic E-state index is -0.310. The van der Waals surface area contributed by atoms with Gasteiger partial charge >= 0.3 is 0 Å². The van der Waals surface area contributed by atoms with E-state index in [1.54, 1.807) is 0 Å². The third-order valence-corrected chi connectivity index (χ3v) is 1.13. The Balaban J connectivity index is 3.15. The highest BCUT2D eigenvalue weighted by Gasteiger charge is 2.02. The Bertz CT molecular complexity index is 63.9. The maximum atomic E-state index is 9.11. The molecule has 0 rings (SSSR count). The Morgan fingerprint density at radius 2 is 2.00 bits per heavy atom. The molecule has 2 nitrogen and oxygen atoms in total. The second kappa shape index (κ2) is 4.77. The van der Waals surface area contributed by atoms with Crippen molar-refractivity contribution in [2.24, 2.45) is 5.92 Å². The second-order valence-corrected chi connectivity index (χ2v) is 2.70. The molecule has 9 heavy (non-hydrogen) atoms. The number of hydrogen-bond donors (Lipinski definition) is 2. The predicted octanol–water partition coefficient (Wildman–Crippen LogP) is 0.960. The topological polar surface area (TPSA) is 32.3 Å². The Morgan fingerprint density at radius 1 is 1.44 bits per heavy atom. The first-order valence-corrected chi connectivity index (χ1v) is 3.58. The van der Waals surface area contributed by atoms with Gasteiger partial charge in [-0.25, -0.2) is 0 Å². The summed E-state index contributed by atoms with van der Waals surface area (Å²) < 4.78 is 0. The van der Waals surface area contributed by atoms with Crippen molar-refractivity contribution in [3.05, 3.63) is 0 Å². The van der Waals surface area contributed by atoms with E-state index >= 15 is 0 Å². The van der Waals surface area contributed by atoms with Crippen molar-refractivity contribution < 1.29 is 5.11 Å². The Kier molecular flexibility index (Phi) is 4.72. The maximum absolute atomic E-state index is 9.11.